The summed E-state index contributed by atoms with van der Waals surface area (Å²) in [6.45, 7) is 1.20. The van der Waals surface area contributed by atoms with Crippen LogP contribution in [0.1, 0.15) is 16.7 Å². The zero-order valence-electron chi connectivity index (χ0n) is 15.6. The van der Waals surface area contributed by atoms with Gasteiger partial charge in [-0.2, -0.15) is 0 Å². The summed E-state index contributed by atoms with van der Waals surface area (Å²) in [6.07, 6.45) is 3.33. The number of methoxy groups -OCH3 is 1. The normalized spacial score (nSPS) is 10.2. The minimum absolute atomic E-state index is 0.264. The van der Waals surface area contributed by atoms with Crippen molar-refractivity contribution < 1.29 is 14.3 Å². The van der Waals surface area contributed by atoms with Gasteiger partial charge in [0.05, 0.1) is 7.11 Å². The Labute approximate surface area is 163 Å². The van der Waals surface area contributed by atoms with E-state index >= 15 is 0 Å². The Bertz CT molecular complexity index is 886. The third-order valence-corrected chi connectivity index (χ3v) is 3.94. The minimum atomic E-state index is -0.264. The van der Waals surface area contributed by atoms with Gasteiger partial charge in [-0.15, -0.1) is 0 Å². The van der Waals surface area contributed by atoms with E-state index in [1.807, 2.05) is 48.5 Å². The van der Waals surface area contributed by atoms with E-state index < -0.39 is 0 Å². The molecule has 2 aromatic heterocycles. The number of hydrogen-bond donors (Lipinski definition) is 2. The van der Waals surface area contributed by atoms with E-state index in [0.717, 1.165) is 16.7 Å². The van der Waals surface area contributed by atoms with Gasteiger partial charge in [0.1, 0.15) is 6.61 Å². The molecule has 0 atom stereocenters. The average Bonchev–Trinajstić information content (AvgIpc) is 2.76. The first-order chi connectivity index (χ1) is 13.7. The molecule has 7 heteroatoms. The SMILES string of the molecule is COc1ccc(CNC(=O)NCc2ccnc(OCc3ccccc3)c2)cn1. The number of pyridine rings is 2. The molecule has 0 saturated carbocycles. The highest BCUT2D eigenvalue weighted by molar-refractivity contribution is 5.73. The van der Waals surface area contributed by atoms with Crippen molar-refractivity contribution in [3.8, 4) is 11.8 Å². The monoisotopic (exact) mass is 378 g/mol. The number of carbonyl (C=O) groups is 1. The maximum Gasteiger partial charge on any atom is 0.315 e. The molecule has 3 aromatic rings. The van der Waals surface area contributed by atoms with E-state index in [-0.39, 0.29) is 6.03 Å². The number of rotatable bonds is 8. The Balaban J connectivity index is 1.43. The second-order valence-electron chi connectivity index (χ2n) is 6.02. The first-order valence-electron chi connectivity index (χ1n) is 8.85. The number of nitrogens with one attached hydrogen (secondary N) is 2. The van der Waals surface area contributed by atoms with Gasteiger partial charge in [0.15, 0.2) is 0 Å². The molecule has 0 spiro atoms. The van der Waals surface area contributed by atoms with Gasteiger partial charge in [0, 0.05) is 37.6 Å². The van der Waals surface area contributed by atoms with Gasteiger partial charge in [0.2, 0.25) is 11.8 Å². The van der Waals surface area contributed by atoms with Crippen LogP contribution in [0.25, 0.3) is 0 Å². The Morgan fingerprint density at radius 2 is 1.68 bits per heavy atom. The Kier molecular flexibility index (Phi) is 6.78. The lowest BCUT2D eigenvalue weighted by Gasteiger charge is -2.09. The third-order valence-electron chi connectivity index (χ3n) is 3.94. The quantitative estimate of drug-likeness (QED) is 0.629. The fraction of sp³-hybridized carbons (Fsp3) is 0.190. The van der Waals surface area contributed by atoms with Crippen molar-refractivity contribution in [3.63, 3.8) is 0 Å². The van der Waals surface area contributed by atoms with E-state index in [1.54, 1.807) is 25.6 Å². The molecule has 1 aromatic carbocycles. The number of hydrogen-bond acceptors (Lipinski definition) is 5. The van der Waals surface area contributed by atoms with Gasteiger partial charge in [-0.1, -0.05) is 36.4 Å². The molecule has 2 N–H and O–H groups in total. The lowest BCUT2D eigenvalue weighted by Crippen LogP contribution is -2.34. The summed E-state index contributed by atoms with van der Waals surface area (Å²) in [4.78, 5) is 20.3. The predicted molar refractivity (Wildman–Crippen MR) is 105 cm³/mol. The van der Waals surface area contributed by atoms with Crippen LogP contribution in [0.2, 0.25) is 0 Å². The summed E-state index contributed by atoms with van der Waals surface area (Å²) in [5.74, 6) is 1.06. The summed E-state index contributed by atoms with van der Waals surface area (Å²) < 4.78 is 10.7. The molecule has 0 bridgehead atoms. The molecule has 2 heterocycles. The van der Waals surface area contributed by atoms with E-state index in [9.17, 15) is 4.79 Å². The number of urea groups is 1. The van der Waals surface area contributed by atoms with Crippen LogP contribution in [0.3, 0.4) is 0 Å². The van der Waals surface area contributed by atoms with Crippen molar-refractivity contribution in [1.29, 1.82) is 0 Å². The maximum absolute atomic E-state index is 12.0. The van der Waals surface area contributed by atoms with Crippen LogP contribution in [0.5, 0.6) is 11.8 Å². The molecule has 3 rings (SSSR count). The summed E-state index contributed by atoms with van der Waals surface area (Å²) >= 11 is 0. The highest BCUT2D eigenvalue weighted by Gasteiger charge is 2.04. The topological polar surface area (TPSA) is 85.4 Å². The first-order valence-corrected chi connectivity index (χ1v) is 8.85. The van der Waals surface area contributed by atoms with Crippen LogP contribution in [-0.2, 0) is 19.7 Å². The molecular weight excluding hydrogens is 356 g/mol. The lowest BCUT2D eigenvalue weighted by atomic mass is 10.2. The van der Waals surface area contributed by atoms with Gasteiger partial charge in [0.25, 0.3) is 0 Å². The maximum atomic E-state index is 12.0. The Morgan fingerprint density at radius 3 is 2.39 bits per heavy atom. The van der Waals surface area contributed by atoms with Crippen molar-refractivity contribution in [3.05, 3.63) is 83.7 Å². The molecule has 0 unspecified atom stereocenters. The van der Waals surface area contributed by atoms with Crippen LogP contribution in [0, 0.1) is 0 Å². The van der Waals surface area contributed by atoms with E-state index in [0.29, 0.717) is 31.5 Å². The predicted octanol–water partition coefficient (Wildman–Crippen LogP) is 3.06. The van der Waals surface area contributed by atoms with Gasteiger partial charge in [-0.25, -0.2) is 14.8 Å². The summed E-state index contributed by atoms with van der Waals surface area (Å²) in [5.41, 5.74) is 2.86. The molecule has 28 heavy (non-hydrogen) atoms. The molecule has 0 aliphatic rings. The van der Waals surface area contributed by atoms with Crippen LogP contribution in [-0.4, -0.2) is 23.1 Å². The van der Waals surface area contributed by atoms with Crippen LogP contribution in [0.15, 0.2) is 67.0 Å². The summed E-state index contributed by atoms with van der Waals surface area (Å²) in [6, 6.07) is 16.9. The summed E-state index contributed by atoms with van der Waals surface area (Å²) in [7, 11) is 1.56. The number of amides is 2. The number of aromatic nitrogens is 2. The fourth-order valence-electron chi connectivity index (χ4n) is 2.43. The molecule has 2 amide bonds. The Morgan fingerprint density at radius 1 is 0.893 bits per heavy atom. The van der Waals surface area contributed by atoms with Crippen molar-refractivity contribution in [1.82, 2.24) is 20.6 Å². The zero-order chi connectivity index (χ0) is 19.6. The largest absolute Gasteiger partial charge is 0.481 e. The first kappa shape index (κ1) is 19.2. The molecule has 7 nitrogen and oxygen atoms in total. The zero-order valence-corrected chi connectivity index (χ0v) is 15.6. The molecule has 0 radical (unpaired) electrons. The number of benzene rings is 1. The molecule has 0 saturated heterocycles. The number of ether oxygens (including phenoxy) is 2. The summed E-state index contributed by atoms with van der Waals surface area (Å²) in [5, 5.41) is 5.60. The van der Waals surface area contributed by atoms with E-state index in [1.165, 1.54) is 0 Å². The van der Waals surface area contributed by atoms with Gasteiger partial charge in [-0.3, -0.25) is 0 Å². The highest BCUT2D eigenvalue weighted by Crippen LogP contribution is 2.12. The number of carbonyl (C=O) groups excluding carboxylic acids is 1. The third kappa shape index (κ3) is 5.98. The lowest BCUT2D eigenvalue weighted by molar-refractivity contribution is 0.240. The van der Waals surface area contributed by atoms with E-state index in [4.69, 9.17) is 9.47 Å². The van der Waals surface area contributed by atoms with Crippen LogP contribution >= 0.6 is 0 Å². The van der Waals surface area contributed by atoms with Gasteiger partial charge < -0.3 is 20.1 Å². The van der Waals surface area contributed by atoms with Gasteiger partial charge >= 0.3 is 6.03 Å². The fourth-order valence-corrected chi connectivity index (χ4v) is 2.43. The van der Waals surface area contributed by atoms with Crippen molar-refractivity contribution in [2.75, 3.05) is 7.11 Å². The van der Waals surface area contributed by atoms with Crippen LogP contribution in [0.4, 0.5) is 4.79 Å². The minimum Gasteiger partial charge on any atom is -0.481 e. The second-order valence-corrected chi connectivity index (χ2v) is 6.02. The Hall–Kier alpha value is -3.61. The highest BCUT2D eigenvalue weighted by atomic mass is 16.5. The standard InChI is InChI=1S/C21H22N4O3/c1-27-19-8-7-18(13-23-19)14-25-21(26)24-12-17-9-10-22-20(11-17)28-15-16-5-3-2-4-6-16/h2-11,13H,12,14-15H2,1H3,(H2,24,25,26). The molecule has 0 aliphatic heterocycles. The van der Waals surface area contributed by atoms with Crippen molar-refractivity contribution >= 4 is 6.03 Å². The van der Waals surface area contributed by atoms with E-state index in [2.05, 4.69) is 20.6 Å². The molecular formula is C21H22N4O3. The van der Waals surface area contributed by atoms with Crippen LogP contribution < -0.4 is 20.1 Å². The second kappa shape index (κ2) is 9.91. The molecule has 0 aliphatic carbocycles. The van der Waals surface area contributed by atoms with Crippen molar-refractivity contribution in [2.24, 2.45) is 0 Å². The van der Waals surface area contributed by atoms with Crippen molar-refractivity contribution in [2.45, 2.75) is 19.7 Å². The number of nitrogens with zero attached hydrogens (tertiary/aromatic N) is 2. The smallest absolute Gasteiger partial charge is 0.315 e. The molecule has 144 valence electrons. The van der Waals surface area contributed by atoms with Gasteiger partial charge in [-0.05, 0) is 22.8 Å². The average molecular weight is 378 g/mol. The molecule has 0 fully saturated rings.